The summed E-state index contributed by atoms with van der Waals surface area (Å²) in [5.41, 5.74) is 8.83. The molecule has 3 heteroatoms. The zero-order valence-corrected chi connectivity index (χ0v) is 18.7. The molecule has 2 aliphatic carbocycles. The fourth-order valence-corrected chi connectivity index (χ4v) is 7.49. The summed E-state index contributed by atoms with van der Waals surface area (Å²) in [6.45, 7) is 0. The molecule has 0 aliphatic heterocycles. The summed E-state index contributed by atoms with van der Waals surface area (Å²) in [6.07, 6.45) is 9.16. The van der Waals surface area contributed by atoms with Crippen LogP contribution >= 0.6 is 0 Å². The minimum Gasteiger partial charge on any atom is -1.00 e. The van der Waals surface area contributed by atoms with Gasteiger partial charge in [-0.05, 0) is 0 Å². The molecule has 0 saturated carbocycles. The van der Waals surface area contributed by atoms with Crippen LogP contribution in [0.2, 0.25) is 0 Å². The zero-order valence-electron chi connectivity index (χ0n) is 14.8. The Morgan fingerprint density at radius 2 is 1.44 bits per heavy atom. The molecule has 3 aromatic rings. The molecule has 0 amide bonds. The third-order valence-corrected chi connectivity index (χ3v) is 8.85. The van der Waals surface area contributed by atoms with Crippen molar-refractivity contribution in [2.45, 2.75) is 12.8 Å². The van der Waals surface area contributed by atoms with Gasteiger partial charge in [0.1, 0.15) is 0 Å². The summed E-state index contributed by atoms with van der Waals surface area (Å²) in [5, 5.41) is 0. The van der Waals surface area contributed by atoms with Crippen molar-refractivity contribution in [3.8, 4) is 22.3 Å². The quantitative estimate of drug-likeness (QED) is 0.380. The van der Waals surface area contributed by atoms with E-state index in [-0.39, 0.29) is 24.8 Å². The molecule has 0 atom stereocenters. The van der Waals surface area contributed by atoms with Crippen LogP contribution in [0.4, 0.5) is 0 Å². The van der Waals surface area contributed by atoms with Crippen molar-refractivity contribution in [2.75, 3.05) is 0 Å². The van der Waals surface area contributed by atoms with Gasteiger partial charge >= 0.3 is 161 Å². The van der Waals surface area contributed by atoms with Gasteiger partial charge in [0.05, 0.1) is 0 Å². The minimum atomic E-state index is -0.780. The smallest absolute Gasteiger partial charge is 1.00 e. The maximum atomic E-state index is 2.37. The van der Waals surface area contributed by atoms with Gasteiger partial charge in [-0.2, -0.15) is 0 Å². The van der Waals surface area contributed by atoms with E-state index in [1.807, 2.05) is 0 Å². The molecule has 3 aromatic carbocycles. The van der Waals surface area contributed by atoms with Crippen molar-refractivity contribution >= 4 is 3.27 Å². The van der Waals surface area contributed by atoms with Crippen molar-refractivity contribution in [1.29, 1.82) is 0 Å². The molecule has 5 rings (SSSR count). The van der Waals surface area contributed by atoms with E-state index in [9.17, 15) is 0 Å². The third-order valence-electron chi connectivity index (χ3n) is 5.13. The fourth-order valence-electron chi connectivity index (χ4n) is 3.91. The van der Waals surface area contributed by atoms with Crippen LogP contribution in [-0.4, -0.2) is 0 Å². The van der Waals surface area contributed by atoms with Crippen LogP contribution in [-0.2, 0) is 29.7 Å². The van der Waals surface area contributed by atoms with E-state index in [1.54, 1.807) is 12.1 Å². The summed E-state index contributed by atoms with van der Waals surface area (Å²) < 4.78 is 3.36. The minimum absolute atomic E-state index is 0. The Morgan fingerprint density at radius 3 is 2.22 bits per heavy atom. The Morgan fingerprint density at radius 1 is 0.704 bits per heavy atom. The number of benzene rings is 3. The zero-order chi connectivity index (χ0) is 16.6. The molecule has 0 aromatic heterocycles. The van der Waals surface area contributed by atoms with Crippen LogP contribution in [0, 0.1) is 0 Å². The number of hydrogen-bond acceptors (Lipinski definition) is 0. The van der Waals surface area contributed by atoms with E-state index in [2.05, 4.69) is 85.0 Å². The first-order chi connectivity index (χ1) is 12.4. The van der Waals surface area contributed by atoms with Crippen molar-refractivity contribution in [3.63, 3.8) is 0 Å². The van der Waals surface area contributed by atoms with E-state index in [0.717, 1.165) is 12.8 Å². The van der Waals surface area contributed by atoms with Gasteiger partial charge in [-0.3, -0.25) is 0 Å². The number of hydrogen-bond donors (Lipinski definition) is 0. The van der Waals surface area contributed by atoms with Gasteiger partial charge in [-0.1, -0.05) is 0 Å². The van der Waals surface area contributed by atoms with Gasteiger partial charge in [0, 0.05) is 0 Å². The molecule has 0 fully saturated rings. The van der Waals surface area contributed by atoms with Crippen LogP contribution in [0.3, 0.4) is 0 Å². The van der Waals surface area contributed by atoms with E-state index >= 15 is 0 Å². The Balaban J connectivity index is 0.00000105. The Bertz CT molecular complexity index is 1020. The van der Waals surface area contributed by atoms with Gasteiger partial charge in [0.2, 0.25) is 0 Å². The fraction of sp³-hybridized carbons (Fsp3) is 0.0833. The molecule has 0 bridgehead atoms. The standard InChI is InChI=1S/C19H13.C5H5.2ClH.Zr/c1-2-6-14(7-3-1)15-10-11-19-17(12-15)13-16-8-4-5-9-18(16)19;1-2-4-5-3-1;;;/h1-11H,13H2;1-3H,4H2;2*1H;/q;;;;+2/p-2. The largest absolute Gasteiger partial charge is 1.00 e. The number of fused-ring (bicyclic) bond motifs is 3. The molecule has 0 N–H and O–H groups in total. The summed E-state index contributed by atoms with van der Waals surface area (Å²) in [7, 11) is 0. The molecule has 0 saturated heterocycles. The normalized spacial score (nSPS) is 13.0. The second-order valence-corrected chi connectivity index (χ2v) is 10.1. The molecule has 0 nitrogen and oxygen atoms in total. The van der Waals surface area contributed by atoms with Crippen LogP contribution in [0.5, 0.6) is 0 Å². The number of halogens is 2. The average Bonchev–Trinajstić information content (AvgIpc) is 3.30. The molecule has 0 radical (unpaired) electrons. The molecule has 27 heavy (non-hydrogen) atoms. The first-order valence-electron chi connectivity index (χ1n) is 8.82. The van der Waals surface area contributed by atoms with Crippen molar-refractivity contribution in [1.82, 2.24) is 0 Å². The van der Waals surface area contributed by atoms with Crippen LogP contribution < -0.4 is 28.1 Å². The van der Waals surface area contributed by atoms with Crippen LogP contribution in [0.1, 0.15) is 17.5 Å². The van der Waals surface area contributed by atoms with Crippen molar-refractivity contribution < 1.29 is 48.0 Å². The van der Waals surface area contributed by atoms with Crippen molar-refractivity contribution in [2.24, 2.45) is 0 Å². The molecule has 0 spiro atoms. The average molecular weight is 469 g/mol. The van der Waals surface area contributed by atoms with Crippen LogP contribution in [0.15, 0.2) is 88.2 Å². The van der Waals surface area contributed by atoms with E-state index in [4.69, 9.17) is 0 Å². The molecular formula is C24H18Cl2Zr. The second-order valence-electron chi connectivity index (χ2n) is 6.66. The maximum Gasteiger partial charge on any atom is -1.00 e. The number of allylic oxidation sites excluding steroid dienone is 4. The van der Waals surface area contributed by atoms with Gasteiger partial charge in [0.15, 0.2) is 0 Å². The van der Waals surface area contributed by atoms with Gasteiger partial charge in [0.25, 0.3) is 0 Å². The molecule has 0 heterocycles. The number of rotatable bonds is 3. The monoisotopic (exact) mass is 466 g/mol. The second kappa shape index (κ2) is 8.74. The van der Waals surface area contributed by atoms with Crippen LogP contribution in [0.25, 0.3) is 22.3 Å². The molecular weight excluding hydrogens is 450 g/mol. The predicted molar refractivity (Wildman–Crippen MR) is 102 cm³/mol. The Labute approximate surface area is 184 Å². The first-order valence-corrected chi connectivity index (χ1v) is 11.3. The third kappa shape index (κ3) is 3.79. The molecule has 132 valence electrons. The SMILES string of the molecule is C1=CC[C]([Zr+2][c]2c(-c3ccccc3)ccc3c2Cc2ccccc2-3)=C1.[Cl-].[Cl-]. The van der Waals surface area contributed by atoms with E-state index in [0.29, 0.717) is 0 Å². The van der Waals surface area contributed by atoms with Gasteiger partial charge in [-0.15, -0.1) is 0 Å². The topological polar surface area (TPSA) is 0 Å². The van der Waals surface area contributed by atoms with Gasteiger partial charge < -0.3 is 24.8 Å². The summed E-state index contributed by atoms with van der Waals surface area (Å²) >= 11 is -0.780. The van der Waals surface area contributed by atoms with E-state index < -0.39 is 23.2 Å². The maximum absolute atomic E-state index is 2.37. The first kappa shape index (κ1) is 20.3. The summed E-state index contributed by atoms with van der Waals surface area (Å²) in [6, 6.07) is 24.6. The Kier molecular flexibility index (Phi) is 6.58. The summed E-state index contributed by atoms with van der Waals surface area (Å²) in [5.74, 6) is 0. The predicted octanol–water partition coefficient (Wildman–Crippen LogP) is -0.516. The Hall–Kier alpha value is -1.40. The molecule has 2 aliphatic rings. The molecule has 0 unspecified atom stereocenters. The van der Waals surface area contributed by atoms with E-state index in [1.165, 1.54) is 27.8 Å². The van der Waals surface area contributed by atoms with Gasteiger partial charge in [-0.25, -0.2) is 0 Å². The summed E-state index contributed by atoms with van der Waals surface area (Å²) in [4.78, 5) is 0. The van der Waals surface area contributed by atoms with Crippen molar-refractivity contribution in [3.05, 3.63) is 99.4 Å².